The Hall–Kier alpha value is -2.34. The molecule has 0 bridgehead atoms. The van der Waals surface area contributed by atoms with Gasteiger partial charge >= 0.3 is 0 Å². The molecular weight excluding hydrogens is 338 g/mol. The summed E-state index contributed by atoms with van der Waals surface area (Å²) in [4.78, 5) is 20.3. The molecule has 0 spiro atoms. The first-order valence-corrected chi connectivity index (χ1v) is 9.63. The number of piperidine rings is 1. The van der Waals surface area contributed by atoms with Gasteiger partial charge in [0, 0.05) is 45.8 Å². The van der Waals surface area contributed by atoms with E-state index in [2.05, 4.69) is 64.4 Å². The van der Waals surface area contributed by atoms with Crippen LogP contribution in [0.4, 0.5) is 0 Å². The molecule has 6 heteroatoms. The number of carbonyl (C=O) groups excluding carboxylic acids is 1. The average Bonchev–Trinajstić information content (AvgIpc) is 2.66. The highest BCUT2D eigenvalue weighted by molar-refractivity contribution is 5.85. The van der Waals surface area contributed by atoms with Gasteiger partial charge in [-0.05, 0) is 25.3 Å². The second-order valence-corrected chi connectivity index (χ2v) is 7.29. The molecule has 1 amide bonds. The van der Waals surface area contributed by atoms with Crippen LogP contribution >= 0.6 is 0 Å². The number of guanidine groups is 1. The number of amides is 1. The Balaban J connectivity index is 1.90. The molecule has 2 rings (SSSR count). The van der Waals surface area contributed by atoms with Gasteiger partial charge < -0.3 is 15.5 Å². The molecule has 0 radical (unpaired) electrons. The number of nitrogens with one attached hydrogen (secondary N) is 2. The SMILES string of the molecule is C=CCNC(=NCC(=O)N(C)C)NC1CCN(Cc2ccccc2)C(C)C1. The summed E-state index contributed by atoms with van der Waals surface area (Å²) in [5, 5.41) is 6.71. The van der Waals surface area contributed by atoms with Crippen molar-refractivity contribution in [1.29, 1.82) is 0 Å². The number of likely N-dealkylation sites (N-methyl/N-ethyl adjacent to an activating group) is 1. The maximum atomic E-state index is 11.8. The number of hydrogen-bond donors (Lipinski definition) is 2. The third-order valence-corrected chi connectivity index (χ3v) is 4.87. The molecule has 1 heterocycles. The zero-order chi connectivity index (χ0) is 19.6. The standard InChI is InChI=1S/C21H33N5O/c1-5-12-22-21(23-15-20(27)25(3)4)24-19-11-13-26(17(2)14-19)16-18-9-7-6-8-10-18/h5-10,17,19H,1,11-16H2,2-4H3,(H2,22,23,24). The van der Waals surface area contributed by atoms with Gasteiger partial charge in [0.15, 0.2) is 5.96 Å². The average molecular weight is 372 g/mol. The second kappa shape index (κ2) is 10.7. The molecule has 6 nitrogen and oxygen atoms in total. The van der Waals surface area contributed by atoms with Crippen molar-refractivity contribution < 1.29 is 4.79 Å². The van der Waals surface area contributed by atoms with Gasteiger partial charge in [-0.2, -0.15) is 0 Å². The zero-order valence-electron chi connectivity index (χ0n) is 16.8. The monoisotopic (exact) mass is 371 g/mol. The summed E-state index contributed by atoms with van der Waals surface area (Å²) in [5.74, 6) is 0.666. The van der Waals surface area contributed by atoms with E-state index >= 15 is 0 Å². The first-order valence-electron chi connectivity index (χ1n) is 9.63. The van der Waals surface area contributed by atoms with Crippen molar-refractivity contribution in [3.63, 3.8) is 0 Å². The number of carbonyl (C=O) groups is 1. The number of benzene rings is 1. The van der Waals surface area contributed by atoms with Crippen LogP contribution in [0.1, 0.15) is 25.3 Å². The Morgan fingerprint density at radius 3 is 2.74 bits per heavy atom. The molecule has 148 valence electrons. The minimum Gasteiger partial charge on any atom is -0.354 e. The van der Waals surface area contributed by atoms with Crippen LogP contribution in [0.15, 0.2) is 48.0 Å². The topological polar surface area (TPSA) is 60.0 Å². The van der Waals surface area contributed by atoms with Crippen LogP contribution < -0.4 is 10.6 Å². The van der Waals surface area contributed by atoms with Crippen molar-refractivity contribution in [3.8, 4) is 0 Å². The predicted octanol–water partition coefficient (Wildman–Crippen LogP) is 1.85. The summed E-state index contributed by atoms with van der Waals surface area (Å²) in [6, 6.07) is 11.4. The highest BCUT2D eigenvalue weighted by Crippen LogP contribution is 2.19. The number of nitrogens with zero attached hydrogens (tertiary/aromatic N) is 3. The van der Waals surface area contributed by atoms with E-state index in [0.717, 1.165) is 25.9 Å². The molecule has 1 saturated heterocycles. The summed E-state index contributed by atoms with van der Waals surface area (Å²) in [6.07, 6.45) is 3.88. The predicted molar refractivity (Wildman–Crippen MR) is 112 cm³/mol. The quantitative estimate of drug-likeness (QED) is 0.436. The zero-order valence-corrected chi connectivity index (χ0v) is 16.8. The fourth-order valence-corrected chi connectivity index (χ4v) is 3.21. The largest absolute Gasteiger partial charge is 0.354 e. The van der Waals surface area contributed by atoms with E-state index in [1.54, 1.807) is 25.1 Å². The van der Waals surface area contributed by atoms with Gasteiger partial charge in [0.2, 0.25) is 5.91 Å². The van der Waals surface area contributed by atoms with Gasteiger partial charge in [-0.15, -0.1) is 6.58 Å². The summed E-state index contributed by atoms with van der Waals surface area (Å²) < 4.78 is 0. The lowest BCUT2D eigenvalue weighted by Crippen LogP contribution is -2.51. The smallest absolute Gasteiger partial charge is 0.243 e. The Morgan fingerprint density at radius 1 is 1.37 bits per heavy atom. The van der Waals surface area contributed by atoms with Crippen LogP contribution in [0.2, 0.25) is 0 Å². The molecule has 0 aliphatic carbocycles. The molecule has 1 aliphatic rings. The van der Waals surface area contributed by atoms with Crippen molar-refractivity contribution in [3.05, 3.63) is 48.6 Å². The van der Waals surface area contributed by atoms with Crippen molar-refractivity contribution >= 4 is 11.9 Å². The van der Waals surface area contributed by atoms with Crippen LogP contribution in [-0.2, 0) is 11.3 Å². The van der Waals surface area contributed by atoms with Crippen molar-refractivity contribution in [2.24, 2.45) is 4.99 Å². The molecule has 0 aromatic heterocycles. The lowest BCUT2D eigenvalue weighted by molar-refractivity contribution is -0.127. The molecule has 27 heavy (non-hydrogen) atoms. The van der Waals surface area contributed by atoms with E-state index in [4.69, 9.17) is 0 Å². The highest BCUT2D eigenvalue weighted by atomic mass is 16.2. The first kappa shape index (κ1) is 21.0. The summed E-state index contributed by atoms with van der Waals surface area (Å²) in [6.45, 7) is 8.80. The van der Waals surface area contributed by atoms with E-state index in [9.17, 15) is 4.79 Å². The van der Waals surface area contributed by atoms with Crippen LogP contribution in [0.25, 0.3) is 0 Å². The van der Waals surface area contributed by atoms with E-state index in [1.807, 2.05) is 0 Å². The van der Waals surface area contributed by atoms with Crippen molar-refractivity contribution in [2.75, 3.05) is 33.7 Å². The fraction of sp³-hybridized carbons (Fsp3) is 0.524. The van der Waals surface area contributed by atoms with E-state index in [-0.39, 0.29) is 12.5 Å². The first-order chi connectivity index (χ1) is 13.0. The Labute approximate surface area is 163 Å². The third-order valence-electron chi connectivity index (χ3n) is 4.87. The van der Waals surface area contributed by atoms with Gasteiger partial charge in [0.05, 0.1) is 0 Å². The number of rotatable bonds is 7. The normalized spacial score (nSPS) is 20.8. The Morgan fingerprint density at radius 2 is 2.11 bits per heavy atom. The van der Waals surface area contributed by atoms with Gasteiger partial charge in [-0.1, -0.05) is 36.4 Å². The lowest BCUT2D eigenvalue weighted by atomic mass is 9.97. The molecule has 2 unspecified atom stereocenters. The number of aliphatic imine (C=N–C) groups is 1. The van der Waals surface area contributed by atoms with Crippen LogP contribution in [-0.4, -0.2) is 67.5 Å². The van der Waals surface area contributed by atoms with Crippen LogP contribution in [0.5, 0.6) is 0 Å². The van der Waals surface area contributed by atoms with Crippen molar-refractivity contribution in [2.45, 2.75) is 38.4 Å². The maximum Gasteiger partial charge on any atom is 0.243 e. The minimum atomic E-state index is -0.0132. The Bertz CT molecular complexity index is 629. The van der Waals surface area contributed by atoms with Gasteiger partial charge in [-0.25, -0.2) is 4.99 Å². The molecule has 2 N–H and O–H groups in total. The van der Waals surface area contributed by atoms with E-state index < -0.39 is 0 Å². The lowest BCUT2D eigenvalue weighted by Gasteiger charge is -2.38. The molecule has 1 aromatic rings. The fourth-order valence-electron chi connectivity index (χ4n) is 3.21. The second-order valence-electron chi connectivity index (χ2n) is 7.29. The summed E-state index contributed by atoms with van der Waals surface area (Å²) in [7, 11) is 3.48. The summed E-state index contributed by atoms with van der Waals surface area (Å²) in [5.41, 5.74) is 1.35. The van der Waals surface area contributed by atoms with Gasteiger partial charge in [-0.3, -0.25) is 9.69 Å². The van der Waals surface area contributed by atoms with Crippen molar-refractivity contribution in [1.82, 2.24) is 20.4 Å². The van der Waals surface area contributed by atoms with Crippen LogP contribution in [0, 0.1) is 0 Å². The molecule has 1 aliphatic heterocycles. The van der Waals surface area contributed by atoms with E-state index in [1.165, 1.54) is 5.56 Å². The molecule has 1 fully saturated rings. The molecule has 2 atom stereocenters. The summed E-state index contributed by atoms with van der Waals surface area (Å²) >= 11 is 0. The van der Waals surface area contributed by atoms with Gasteiger partial charge in [0.1, 0.15) is 6.54 Å². The molecular formula is C21H33N5O. The Kier molecular flexibility index (Phi) is 8.33. The van der Waals surface area contributed by atoms with Gasteiger partial charge in [0.25, 0.3) is 0 Å². The third kappa shape index (κ3) is 7.06. The minimum absolute atomic E-state index is 0.0132. The van der Waals surface area contributed by atoms with Crippen LogP contribution in [0.3, 0.4) is 0 Å². The number of hydrogen-bond acceptors (Lipinski definition) is 3. The number of likely N-dealkylation sites (tertiary alicyclic amines) is 1. The van der Waals surface area contributed by atoms with E-state index in [0.29, 0.717) is 24.6 Å². The molecule has 0 saturated carbocycles. The molecule has 1 aromatic carbocycles. The maximum absolute atomic E-state index is 11.8. The highest BCUT2D eigenvalue weighted by Gasteiger charge is 2.26.